The van der Waals surface area contributed by atoms with Crippen LogP contribution < -0.4 is 0 Å². The average Bonchev–Trinajstić information content (AvgIpc) is 2.44. The summed E-state index contributed by atoms with van der Waals surface area (Å²) < 4.78 is 0. The molecular weight excluding hydrogens is 230 g/mol. The van der Waals surface area contributed by atoms with Gasteiger partial charge >= 0.3 is 0 Å². The number of allylic oxidation sites excluding steroid dienone is 2. The van der Waals surface area contributed by atoms with Gasteiger partial charge in [-0.05, 0) is 47.9 Å². The van der Waals surface area contributed by atoms with Crippen LogP contribution in [0.1, 0.15) is 49.8 Å². The van der Waals surface area contributed by atoms with E-state index in [9.17, 15) is 0 Å². The molecule has 0 unspecified atom stereocenters. The third-order valence-electron chi connectivity index (χ3n) is 3.70. The first-order chi connectivity index (χ1) is 9.17. The summed E-state index contributed by atoms with van der Waals surface area (Å²) in [4.78, 5) is 0. The van der Waals surface area contributed by atoms with Crippen molar-refractivity contribution in [3.05, 3.63) is 47.5 Å². The van der Waals surface area contributed by atoms with Gasteiger partial charge in [0.15, 0.2) is 0 Å². The first-order valence-electron chi connectivity index (χ1n) is 6.97. The van der Waals surface area contributed by atoms with Gasteiger partial charge in [0, 0.05) is 0 Å². The summed E-state index contributed by atoms with van der Waals surface area (Å²) in [5, 5.41) is 9.06. The molecule has 0 fully saturated rings. The van der Waals surface area contributed by atoms with E-state index < -0.39 is 0 Å². The minimum atomic E-state index is 0.470. The van der Waals surface area contributed by atoms with Crippen molar-refractivity contribution in [2.75, 3.05) is 0 Å². The zero-order chi connectivity index (χ0) is 14.3. The van der Waals surface area contributed by atoms with Crippen LogP contribution in [-0.2, 0) is 0 Å². The van der Waals surface area contributed by atoms with Gasteiger partial charge in [0.05, 0.1) is 12.5 Å². The molecule has 0 aliphatic heterocycles. The molecule has 0 heterocycles. The van der Waals surface area contributed by atoms with Gasteiger partial charge < -0.3 is 0 Å². The molecule has 1 heteroatoms. The van der Waals surface area contributed by atoms with E-state index in [1.807, 2.05) is 12.1 Å². The molecule has 1 nitrogen and oxygen atoms in total. The zero-order valence-corrected chi connectivity index (χ0v) is 12.2. The van der Waals surface area contributed by atoms with Crippen molar-refractivity contribution in [1.29, 1.82) is 5.26 Å². The van der Waals surface area contributed by atoms with Crippen molar-refractivity contribution < 1.29 is 0 Å². The molecule has 19 heavy (non-hydrogen) atoms. The molecule has 1 aromatic rings. The van der Waals surface area contributed by atoms with Crippen LogP contribution in [0.2, 0.25) is 0 Å². The Kier molecular flexibility index (Phi) is 6.09. The third kappa shape index (κ3) is 3.83. The Morgan fingerprint density at radius 3 is 2.58 bits per heavy atom. The lowest BCUT2D eigenvalue weighted by atomic mass is 9.90. The molecule has 0 radical (unpaired) electrons. The van der Waals surface area contributed by atoms with Crippen LogP contribution in [0.3, 0.4) is 0 Å². The molecule has 0 aliphatic carbocycles. The lowest BCUT2D eigenvalue weighted by Crippen LogP contribution is -1.97. The fraction of sp³-hybridized carbons (Fsp3) is 0.389. The molecule has 1 rings (SSSR count). The van der Waals surface area contributed by atoms with E-state index in [4.69, 9.17) is 5.26 Å². The largest absolute Gasteiger partial charge is 0.198 e. The normalized spacial score (nSPS) is 11.4. The highest BCUT2D eigenvalue weighted by Gasteiger charge is 2.09. The van der Waals surface area contributed by atoms with E-state index in [2.05, 4.69) is 51.6 Å². The Bertz CT molecular complexity index is 499. The Hall–Kier alpha value is -1.81. The van der Waals surface area contributed by atoms with Gasteiger partial charge in [0.25, 0.3) is 0 Å². The van der Waals surface area contributed by atoms with Crippen LogP contribution in [0.5, 0.6) is 0 Å². The summed E-state index contributed by atoms with van der Waals surface area (Å²) in [5.41, 5.74) is 4.69. The topological polar surface area (TPSA) is 23.8 Å². The van der Waals surface area contributed by atoms with E-state index >= 15 is 0 Å². The molecule has 100 valence electrons. The van der Waals surface area contributed by atoms with Gasteiger partial charge in [0.2, 0.25) is 0 Å². The second-order valence-electron chi connectivity index (χ2n) is 4.83. The summed E-state index contributed by atoms with van der Waals surface area (Å²) in [6.07, 6.45) is 6.85. The molecule has 0 aromatic heterocycles. The lowest BCUT2D eigenvalue weighted by molar-refractivity contribution is 0.606. The summed E-state index contributed by atoms with van der Waals surface area (Å²) in [6.45, 7) is 10.3. The molecule has 0 saturated carbocycles. The molecule has 0 saturated heterocycles. The summed E-state index contributed by atoms with van der Waals surface area (Å²) >= 11 is 0. The second kappa shape index (κ2) is 7.59. The maximum Gasteiger partial charge on any atom is 0.0669 e. The maximum atomic E-state index is 9.06. The first kappa shape index (κ1) is 15.2. The number of nitrogens with zero attached hydrogens (tertiary/aromatic N) is 1. The monoisotopic (exact) mass is 253 g/mol. The Labute approximate surface area is 117 Å². The number of benzene rings is 1. The van der Waals surface area contributed by atoms with Gasteiger partial charge in [-0.3, -0.25) is 0 Å². The van der Waals surface area contributed by atoms with Gasteiger partial charge in [0.1, 0.15) is 0 Å². The lowest BCUT2D eigenvalue weighted by Gasteiger charge is -2.14. The average molecular weight is 253 g/mol. The predicted octanol–water partition coefficient (Wildman–Crippen LogP) is 5.37. The van der Waals surface area contributed by atoms with Crippen molar-refractivity contribution in [3.63, 3.8) is 0 Å². The van der Waals surface area contributed by atoms with Crippen molar-refractivity contribution in [1.82, 2.24) is 0 Å². The van der Waals surface area contributed by atoms with E-state index in [-0.39, 0.29) is 0 Å². The van der Waals surface area contributed by atoms with Crippen LogP contribution in [0.25, 0.3) is 11.6 Å². The number of rotatable bonds is 6. The standard InChI is InChI=1S/C18H23N/c1-5-15(6-2)13-17(11-12-19)18-10-8-9-16(7-3)14(18)4/h7-10,13,15H,3,5-6,11H2,1-2,4H3. The highest BCUT2D eigenvalue weighted by molar-refractivity contribution is 5.73. The highest BCUT2D eigenvalue weighted by atomic mass is 14.2. The molecule has 0 bridgehead atoms. The van der Waals surface area contributed by atoms with Gasteiger partial charge in [-0.2, -0.15) is 5.26 Å². The van der Waals surface area contributed by atoms with Crippen molar-refractivity contribution >= 4 is 11.6 Å². The zero-order valence-electron chi connectivity index (χ0n) is 12.2. The molecule has 0 N–H and O–H groups in total. The highest BCUT2D eigenvalue weighted by Crippen LogP contribution is 2.27. The molecule has 0 amide bonds. The van der Waals surface area contributed by atoms with E-state index in [0.717, 1.165) is 24.0 Å². The van der Waals surface area contributed by atoms with E-state index in [1.165, 1.54) is 11.1 Å². The van der Waals surface area contributed by atoms with Crippen LogP contribution in [0.4, 0.5) is 0 Å². The van der Waals surface area contributed by atoms with Crippen molar-refractivity contribution in [2.45, 2.75) is 40.0 Å². The quantitative estimate of drug-likeness (QED) is 0.668. The second-order valence-corrected chi connectivity index (χ2v) is 4.83. The van der Waals surface area contributed by atoms with Crippen LogP contribution in [0.15, 0.2) is 30.9 Å². The molecule has 0 atom stereocenters. The smallest absolute Gasteiger partial charge is 0.0669 e. The first-order valence-corrected chi connectivity index (χ1v) is 6.97. The number of hydrogen-bond donors (Lipinski definition) is 0. The molecule has 0 aliphatic rings. The van der Waals surface area contributed by atoms with E-state index in [1.54, 1.807) is 0 Å². The fourth-order valence-electron chi connectivity index (χ4n) is 2.36. The predicted molar refractivity (Wildman–Crippen MR) is 83.5 cm³/mol. The van der Waals surface area contributed by atoms with Crippen LogP contribution in [0, 0.1) is 24.2 Å². The van der Waals surface area contributed by atoms with Gasteiger partial charge in [-0.25, -0.2) is 0 Å². The Balaban J connectivity index is 3.27. The number of hydrogen-bond acceptors (Lipinski definition) is 1. The molecule has 0 spiro atoms. The number of nitriles is 1. The SMILES string of the molecule is C=Cc1cccc(C(=CC(CC)CC)CC#N)c1C. The summed E-state index contributed by atoms with van der Waals surface area (Å²) in [6, 6.07) is 8.50. The minimum absolute atomic E-state index is 0.470. The van der Waals surface area contributed by atoms with Gasteiger partial charge in [-0.15, -0.1) is 0 Å². The summed E-state index contributed by atoms with van der Waals surface area (Å²) in [7, 11) is 0. The third-order valence-corrected chi connectivity index (χ3v) is 3.70. The minimum Gasteiger partial charge on any atom is -0.198 e. The van der Waals surface area contributed by atoms with Crippen molar-refractivity contribution in [3.8, 4) is 6.07 Å². The van der Waals surface area contributed by atoms with Gasteiger partial charge in [-0.1, -0.05) is 50.8 Å². The Morgan fingerprint density at radius 1 is 1.37 bits per heavy atom. The van der Waals surface area contributed by atoms with Crippen molar-refractivity contribution in [2.24, 2.45) is 5.92 Å². The molecule has 1 aromatic carbocycles. The Morgan fingerprint density at radius 2 is 2.05 bits per heavy atom. The maximum absolute atomic E-state index is 9.06. The fourth-order valence-corrected chi connectivity index (χ4v) is 2.36. The van der Waals surface area contributed by atoms with Crippen LogP contribution >= 0.6 is 0 Å². The van der Waals surface area contributed by atoms with Crippen LogP contribution in [-0.4, -0.2) is 0 Å². The summed E-state index contributed by atoms with van der Waals surface area (Å²) in [5.74, 6) is 0.551. The van der Waals surface area contributed by atoms with E-state index in [0.29, 0.717) is 12.3 Å². The molecular formula is C18H23N.